The second-order valence-electron chi connectivity index (χ2n) is 7.57. The third kappa shape index (κ3) is 3.57. The second-order valence-corrected chi connectivity index (χ2v) is 7.57. The van der Waals surface area contributed by atoms with Crippen LogP contribution in [0.15, 0.2) is 24.7 Å². The van der Waals surface area contributed by atoms with Gasteiger partial charge in [0.2, 0.25) is 5.88 Å². The number of aromatic nitrogens is 5. The highest BCUT2D eigenvalue weighted by Crippen LogP contribution is 2.34. The Morgan fingerprint density at radius 2 is 2.10 bits per heavy atom. The summed E-state index contributed by atoms with van der Waals surface area (Å²) in [7, 11) is 1.47. The molecule has 4 heterocycles. The van der Waals surface area contributed by atoms with Gasteiger partial charge in [-0.2, -0.15) is 10.1 Å². The number of ether oxygens (including phenoxy) is 1. The smallest absolute Gasteiger partial charge is 0.280 e. The van der Waals surface area contributed by atoms with Gasteiger partial charge >= 0.3 is 0 Å². The van der Waals surface area contributed by atoms with Crippen molar-refractivity contribution in [2.24, 2.45) is 5.92 Å². The van der Waals surface area contributed by atoms with E-state index in [-0.39, 0.29) is 35.1 Å². The number of carbonyl (C=O) groups is 1. The van der Waals surface area contributed by atoms with Crippen LogP contribution in [0.2, 0.25) is 0 Å². The Kier molecular flexibility index (Phi) is 5.31. The Hall–Kier alpha value is -3.17. The number of likely N-dealkylation sites (tertiary alicyclic amines) is 1. The number of pyridine rings is 1. The fourth-order valence-electron chi connectivity index (χ4n) is 3.91. The molecule has 30 heavy (non-hydrogen) atoms. The van der Waals surface area contributed by atoms with E-state index in [1.807, 2.05) is 13.8 Å². The third-order valence-electron chi connectivity index (χ3n) is 5.56. The van der Waals surface area contributed by atoms with Crippen LogP contribution in [0.3, 0.4) is 0 Å². The molecule has 10 heteroatoms. The van der Waals surface area contributed by atoms with Crippen molar-refractivity contribution in [3.63, 3.8) is 0 Å². The van der Waals surface area contributed by atoms with Crippen molar-refractivity contribution in [2.75, 3.05) is 20.2 Å². The number of rotatable bonds is 4. The molecule has 0 saturated carbocycles. The maximum absolute atomic E-state index is 13.4. The zero-order valence-electron chi connectivity index (χ0n) is 16.9. The molecule has 3 aromatic rings. The van der Waals surface area contributed by atoms with Gasteiger partial charge in [0, 0.05) is 25.2 Å². The van der Waals surface area contributed by atoms with Crippen LogP contribution >= 0.6 is 0 Å². The van der Waals surface area contributed by atoms with Crippen LogP contribution < -0.4 is 4.74 Å². The molecule has 1 saturated heterocycles. The van der Waals surface area contributed by atoms with Gasteiger partial charge in [0.15, 0.2) is 0 Å². The minimum Gasteiger partial charge on any atom is -0.480 e. The van der Waals surface area contributed by atoms with Crippen molar-refractivity contribution in [2.45, 2.75) is 32.6 Å². The number of hydrogen-bond acceptors (Lipinski definition) is 6. The number of carbonyl (C=O) groups excluding carboxylic acids is 1. The Balaban J connectivity index is 1.70. The van der Waals surface area contributed by atoms with Gasteiger partial charge in [-0.15, -0.1) is 0 Å². The lowest BCUT2D eigenvalue weighted by molar-refractivity contribution is 0.0661. The van der Waals surface area contributed by atoms with Gasteiger partial charge in [0.1, 0.15) is 17.6 Å². The number of piperidine rings is 1. The molecule has 0 radical (unpaired) electrons. The maximum Gasteiger partial charge on any atom is 0.280 e. The van der Waals surface area contributed by atoms with Gasteiger partial charge in [-0.3, -0.25) is 4.79 Å². The van der Waals surface area contributed by atoms with Crippen molar-refractivity contribution in [3.05, 3.63) is 47.2 Å². The predicted octanol–water partition coefficient (Wildman–Crippen LogP) is 3.04. The van der Waals surface area contributed by atoms with E-state index >= 15 is 0 Å². The van der Waals surface area contributed by atoms with E-state index in [2.05, 4.69) is 20.1 Å². The number of amides is 1. The van der Waals surface area contributed by atoms with Crippen LogP contribution in [0.5, 0.6) is 5.88 Å². The van der Waals surface area contributed by atoms with Crippen LogP contribution in [-0.2, 0) is 0 Å². The molecule has 8 nitrogen and oxygen atoms in total. The number of nitrogens with zero attached hydrogens (tertiary/aromatic N) is 6. The van der Waals surface area contributed by atoms with E-state index in [1.54, 1.807) is 17.2 Å². The largest absolute Gasteiger partial charge is 0.480 e. The highest BCUT2D eigenvalue weighted by molar-refractivity contribution is 5.96. The minimum absolute atomic E-state index is 0.128. The first-order valence-corrected chi connectivity index (χ1v) is 9.67. The molecule has 0 N–H and O–H groups in total. The quantitative estimate of drug-likeness (QED) is 0.650. The van der Waals surface area contributed by atoms with Crippen LogP contribution in [0.25, 0.3) is 5.78 Å². The van der Waals surface area contributed by atoms with Crippen molar-refractivity contribution in [3.8, 4) is 5.88 Å². The molecule has 1 fully saturated rings. The molecule has 3 aromatic heterocycles. The molecule has 0 unspecified atom stereocenters. The number of fused-ring (bicyclic) bond motifs is 1. The topological polar surface area (TPSA) is 85.5 Å². The lowest BCUT2D eigenvalue weighted by atomic mass is 9.84. The van der Waals surface area contributed by atoms with Crippen LogP contribution in [0.4, 0.5) is 8.78 Å². The summed E-state index contributed by atoms with van der Waals surface area (Å²) in [6.45, 7) is 4.82. The minimum atomic E-state index is -2.72. The number of alkyl halides is 2. The molecule has 4 rings (SSSR count). The molecule has 1 aliphatic heterocycles. The van der Waals surface area contributed by atoms with Gasteiger partial charge in [0.25, 0.3) is 18.1 Å². The summed E-state index contributed by atoms with van der Waals surface area (Å²) < 4.78 is 33.5. The second kappa shape index (κ2) is 7.92. The molecular formula is C20H22F2N6O2. The maximum atomic E-state index is 13.4. The average molecular weight is 416 g/mol. The number of methoxy groups -OCH3 is 1. The van der Waals surface area contributed by atoms with E-state index < -0.39 is 6.43 Å². The van der Waals surface area contributed by atoms with Crippen molar-refractivity contribution >= 4 is 11.7 Å². The zero-order chi connectivity index (χ0) is 21.4. The number of aryl methyl sites for hydroxylation is 1. The third-order valence-corrected chi connectivity index (χ3v) is 5.56. The van der Waals surface area contributed by atoms with Gasteiger partial charge in [0.05, 0.1) is 12.8 Å². The standard InChI is InChI=1S/C20H22F2N6O2/c1-11-6-13(18(30-3)23-8-11)19(29)27-5-4-12(2)14(9-27)16-7-15(17(21)22)26-20-24-10-25-28(16)20/h6-8,10,12,14,17H,4-5,9H2,1-3H3/t12-,14-/m1/s1. The molecule has 0 bridgehead atoms. The fourth-order valence-corrected chi connectivity index (χ4v) is 3.91. The van der Waals surface area contributed by atoms with E-state index in [0.717, 1.165) is 12.0 Å². The fraction of sp³-hybridized carbons (Fsp3) is 0.450. The predicted molar refractivity (Wildman–Crippen MR) is 104 cm³/mol. The SMILES string of the molecule is COc1ncc(C)cc1C(=O)N1CC[C@@H](C)[C@H](c2cc(C(F)F)nc3ncnn23)C1. The molecule has 2 atom stereocenters. The van der Waals surface area contributed by atoms with E-state index in [0.29, 0.717) is 24.3 Å². The molecule has 158 valence electrons. The first kappa shape index (κ1) is 20.1. The van der Waals surface area contributed by atoms with Gasteiger partial charge in [-0.05, 0) is 37.0 Å². The lowest BCUT2D eigenvalue weighted by Gasteiger charge is -2.37. The summed E-state index contributed by atoms with van der Waals surface area (Å²) in [5.41, 5.74) is 1.47. The molecule has 1 amide bonds. The Labute approximate surface area is 171 Å². The van der Waals surface area contributed by atoms with Crippen LogP contribution in [0.1, 0.15) is 53.0 Å². The summed E-state index contributed by atoms with van der Waals surface area (Å²) in [4.78, 5) is 27.0. The van der Waals surface area contributed by atoms with Crippen molar-refractivity contribution in [1.82, 2.24) is 29.5 Å². The molecule has 0 aromatic carbocycles. The summed E-state index contributed by atoms with van der Waals surface area (Å²) >= 11 is 0. The monoisotopic (exact) mass is 416 g/mol. The molecule has 1 aliphatic rings. The number of hydrogen-bond donors (Lipinski definition) is 0. The van der Waals surface area contributed by atoms with E-state index in [9.17, 15) is 13.6 Å². The Morgan fingerprint density at radius 1 is 1.30 bits per heavy atom. The highest BCUT2D eigenvalue weighted by atomic mass is 19.3. The Bertz CT molecular complexity index is 1090. The molecule has 0 spiro atoms. The van der Waals surface area contributed by atoms with Gasteiger partial charge < -0.3 is 9.64 Å². The first-order valence-electron chi connectivity index (χ1n) is 9.67. The first-order chi connectivity index (χ1) is 14.4. The number of halogens is 2. The van der Waals surface area contributed by atoms with Crippen LogP contribution in [-0.4, -0.2) is 55.6 Å². The van der Waals surface area contributed by atoms with E-state index in [4.69, 9.17) is 4.74 Å². The lowest BCUT2D eigenvalue weighted by Crippen LogP contribution is -2.43. The van der Waals surface area contributed by atoms with E-state index in [1.165, 1.54) is 24.0 Å². The Morgan fingerprint density at radius 3 is 2.83 bits per heavy atom. The average Bonchev–Trinajstić information content (AvgIpc) is 3.21. The zero-order valence-corrected chi connectivity index (χ0v) is 16.9. The highest BCUT2D eigenvalue weighted by Gasteiger charge is 2.34. The van der Waals surface area contributed by atoms with Crippen LogP contribution in [0, 0.1) is 12.8 Å². The van der Waals surface area contributed by atoms with Crippen molar-refractivity contribution in [1.29, 1.82) is 0 Å². The summed E-state index contributed by atoms with van der Waals surface area (Å²) in [5, 5.41) is 4.16. The van der Waals surface area contributed by atoms with Crippen molar-refractivity contribution < 1.29 is 18.3 Å². The van der Waals surface area contributed by atoms with Gasteiger partial charge in [-0.1, -0.05) is 6.92 Å². The molecule has 0 aliphatic carbocycles. The molecular weight excluding hydrogens is 394 g/mol. The normalized spacial score (nSPS) is 19.5. The summed E-state index contributed by atoms with van der Waals surface area (Å²) in [5.74, 6) is 0.160. The van der Waals surface area contributed by atoms with Gasteiger partial charge in [-0.25, -0.2) is 23.3 Å². The summed E-state index contributed by atoms with van der Waals surface area (Å²) in [6.07, 6.45) is 0.937. The summed E-state index contributed by atoms with van der Waals surface area (Å²) in [6, 6.07) is 3.12.